The molecule has 1 aliphatic rings. The van der Waals surface area contributed by atoms with E-state index >= 15 is 0 Å². The fourth-order valence-corrected chi connectivity index (χ4v) is 3.17. The third-order valence-electron chi connectivity index (χ3n) is 3.89. The van der Waals surface area contributed by atoms with Crippen LogP contribution in [-0.2, 0) is 0 Å². The molecular formula is C16H19BrN2O. The third-order valence-corrected chi connectivity index (χ3v) is 4.39. The number of fused-ring (bicyclic) bond motifs is 1. The number of hydrogen-bond donors (Lipinski definition) is 1. The molecule has 0 amide bonds. The van der Waals surface area contributed by atoms with Gasteiger partial charge in [0.2, 0.25) is 0 Å². The number of halogens is 1. The average Bonchev–Trinajstić information content (AvgIpc) is 2.71. The Morgan fingerprint density at radius 1 is 1.15 bits per heavy atom. The van der Waals surface area contributed by atoms with Crippen LogP contribution in [-0.4, -0.2) is 11.1 Å². The molecule has 0 saturated heterocycles. The predicted octanol–water partition coefficient (Wildman–Crippen LogP) is 4.68. The lowest BCUT2D eigenvalue weighted by molar-refractivity contribution is 0.187. The molecule has 0 aliphatic heterocycles. The van der Waals surface area contributed by atoms with Crippen LogP contribution in [0.1, 0.15) is 38.5 Å². The summed E-state index contributed by atoms with van der Waals surface area (Å²) in [6.07, 6.45) is 9.35. The van der Waals surface area contributed by atoms with Crippen molar-refractivity contribution < 1.29 is 4.74 Å². The minimum Gasteiger partial charge on any atom is -0.487 e. The smallest absolute Gasteiger partial charge is 0.153 e. The molecular weight excluding hydrogens is 316 g/mol. The minimum atomic E-state index is 0.282. The van der Waals surface area contributed by atoms with Crippen molar-refractivity contribution in [3.63, 3.8) is 0 Å². The second-order valence-corrected chi connectivity index (χ2v) is 6.35. The van der Waals surface area contributed by atoms with Crippen molar-refractivity contribution in [3.05, 3.63) is 28.9 Å². The van der Waals surface area contributed by atoms with Crippen LogP contribution < -0.4 is 10.5 Å². The van der Waals surface area contributed by atoms with Crippen molar-refractivity contribution in [2.24, 2.45) is 0 Å². The van der Waals surface area contributed by atoms with E-state index in [1.54, 1.807) is 6.20 Å². The number of anilines is 1. The Morgan fingerprint density at radius 2 is 1.90 bits per heavy atom. The Hall–Kier alpha value is -1.29. The van der Waals surface area contributed by atoms with Gasteiger partial charge in [-0.05, 0) is 43.9 Å². The molecule has 1 saturated carbocycles. The molecule has 0 atom stereocenters. The van der Waals surface area contributed by atoms with Crippen molar-refractivity contribution in [2.75, 3.05) is 5.73 Å². The van der Waals surface area contributed by atoms with Crippen LogP contribution >= 0.6 is 15.9 Å². The number of nitrogen functional groups attached to an aromatic ring is 1. The number of aromatic nitrogens is 1. The molecule has 106 valence electrons. The SMILES string of the molecule is Nc1cnc2ccc(Br)cc2c1OC1CCCCCC1. The van der Waals surface area contributed by atoms with Crippen molar-refractivity contribution in [1.29, 1.82) is 0 Å². The van der Waals surface area contributed by atoms with E-state index < -0.39 is 0 Å². The summed E-state index contributed by atoms with van der Waals surface area (Å²) in [5.74, 6) is 0.795. The lowest BCUT2D eigenvalue weighted by Gasteiger charge is -2.19. The van der Waals surface area contributed by atoms with Gasteiger partial charge in [0.05, 0.1) is 23.5 Å². The highest BCUT2D eigenvalue weighted by Gasteiger charge is 2.17. The third kappa shape index (κ3) is 2.90. The standard InChI is InChI=1S/C16H19BrN2O/c17-11-7-8-15-13(9-11)16(14(18)10-19-15)20-12-5-3-1-2-4-6-12/h7-10,12H,1-6,18H2. The first-order valence-electron chi connectivity index (χ1n) is 7.24. The number of nitrogens with two attached hydrogens (primary N) is 1. The van der Waals surface area contributed by atoms with E-state index in [0.29, 0.717) is 5.69 Å². The van der Waals surface area contributed by atoms with Crippen LogP contribution in [0.5, 0.6) is 5.75 Å². The van der Waals surface area contributed by atoms with Gasteiger partial charge < -0.3 is 10.5 Å². The summed E-state index contributed by atoms with van der Waals surface area (Å²) in [4.78, 5) is 4.37. The molecule has 3 nitrogen and oxygen atoms in total. The van der Waals surface area contributed by atoms with E-state index in [2.05, 4.69) is 20.9 Å². The zero-order valence-electron chi connectivity index (χ0n) is 11.4. The lowest BCUT2D eigenvalue weighted by Crippen LogP contribution is -2.16. The number of benzene rings is 1. The van der Waals surface area contributed by atoms with Gasteiger partial charge in [0.25, 0.3) is 0 Å². The average molecular weight is 335 g/mol. The Morgan fingerprint density at radius 3 is 2.65 bits per heavy atom. The predicted molar refractivity (Wildman–Crippen MR) is 86.0 cm³/mol. The lowest BCUT2D eigenvalue weighted by atomic mass is 10.1. The van der Waals surface area contributed by atoms with E-state index in [4.69, 9.17) is 10.5 Å². The summed E-state index contributed by atoms with van der Waals surface area (Å²) >= 11 is 3.50. The topological polar surface area (TPSA) is 48.1 Å². The van der Waals surface area contributed by atoms with Crippen molar-refractivity contribution in [2.45, 2.75) is 44.6 Å². The summed E-state index contributed by atoms with van der Waals surface area (Å²) in [6, 6.07) is 6.00. The van der Waals surface area contributed by atoms with Crippen molar-refractivity contribution >= 4 is 32.5 Å². The Labute approximate surface area is 127 Å². The van der Waals surface area contributed by atoms with Gasteiger partial charge in [-0.3, -0.25) is 4.98 Å². The fourth-order valence-electron chi connectivity index (χ4n) is 2.81. The van der Waals surface area contributed by atoms with Gasteiger partial charge >= 0.3 is 0 Å². The normalized spacial score (nSPS) is 17.1. The molecule has 1 heterocycles. The maximum Gasteiger partial charge on any atom is 0.153 e. The van der Waals surface area contributed by atoms with E-state index in [-0.39, 0.29) is 6.10 Å². The van der Waals surface area contributed by atoms with Crippen molar-refractivity contribution in [3.8, 4) is 5.75 Å². The van der Waals surface area contributed by atoms with Gasteiger partial charge in [-0.1, -0.05) is 28.8 Å². The quantitative estimate of drug-likeness (QED) is 0.811. The second-order valence-electron chi connectivity index (χ2n) is 5.44. The molecule has 1 fully saturated rings. The van der Waals surface area contributed by atoms with Gasteiger partial charge in [-0.25, -0.2) is 0 Å². The molecule has 0 spiro atoms. The zero-order chi connectivity index (χ0) is 13.9. The van der Waals surface area contributed by atoms with E-state index in [9.17, 15) is 0 Å². The monoisotopic (exact) mass is 334 g/mol. The first-order valence-corrected chi connectivity index (χ1v) is 8.04. The minimum absolute atomic E-state index is 0.282. The molecule has 4 heteroatoms. The number of pyridine rings is 1. The van der Waals surface area contributed by atoms with Crippen LogP contribution in [0.25, 0.3) is 10.9 Å². The molecule has 2 N–H and O–H groups in total. The molecule has 1 aromatic heterocycles. The summed E-state index contributed by atoms with van der Waals surface area (Å²) in [6.45, 7) is 0. The summed E-state index contributed by atoms with van der Waals surface area (Å²) in [5.41, 5.74) is 7.64. The van der Waals surface area contributed by atoms with Crippen LogP contribution in [0.2, 0.25) is 0 Å². The number of rotatable bonds is 2. The highest BCUT2D eigenvalue weighted by Crippen LogP contribution is 2.34. The molecule has 0 radical (unpaired) electrons. The Balaban J connectivity index is 1.96. The fraction of sp³-hybridized carbons (Fsp3) is 0.438. The van der Waals surface area contributed by atoms with Gasteiger partial charge in [-0.15, -0.1) is 0 Å². The highest BCUT2D eigenvalue weighted by atomic mass is 79.9. The number of nitrogens with zero attached hydrogens (tertiary/aromatic N) is 1. The maximum absolute atomic E-state index is 6.25. The molecule has 0 bridgehead atoms. The van der Waals surface area contributed by atoms with Gasteiger partial charge in [0.1, 0.15) is 0 Å². The molecule has 20 heavy (non-hydrogen) atoms. The van der Waals surface area contributed by atoms with Crippen LogP contribution in [0, 0.1) is 0 Å². The van der Waals surface area contributed by atoms with Gasteiger partial charge in [0, 0.05) is 9.86 Å². The summed E-state index contributed by atoms with van der Waals surface area (Å²) < 4.78 is 7.27. The van der Waals surface area contributed by atoms with E-state index in [1.807, 2.05) is 18.2 Å². The van der Waals surface area contributed by atoms with E-state index in [1.165, 1.54) is 25.7 Å². The van der Waals surface area contributed by atoms with Crippen LogP contribution in [0.3, 0.4) is 0 Å². The van der Waals surface area contributed by atoms with Crippen LogP contribution in [0.4, 0.5) is 5.69 Å². The van der Waals surface area contributed by atoms with E-state index in [0.717, 1.165) is 34.0 Å². The Bertz CT molecular complexity index is 601. The summed E-state index contributed by atoms with van der Waals surface area (Å²) in [5, 5.41) is 0.989. The van der Waals surface area contributed by atoms with Gasteiger partial charge in [-0.2, -0.15) is 0 Å². The summed E-state index contributed by atoms with van der Waals surface area (Å²) in [7, 11) is 0. The number of ether oxygens (including phenoxy) is 1. The molecule has 1 aromatic carbocycles. The first kappa shape index (κ1) is 13.7. The maximum atomic E-state index is 6.25. The van der Waals surface area contributed by atoms with Crippen molar-refractivity contribution in [1.82, 2.24) is 4.98 Å². The molecule has 1 aliphatic carbocycles. The molecule has 0 unspecified atom stereocenters. The first-order chi connectivity index (χ1) is 9.74. The Kier molecular flexibility index (Phi) is 4.10. The molecule has 3 rings (SSSR count). The highest BCUT2D eigenvalue weighted by molar-refractivity contribution is 9.10. The van der Waals surface area contributed by atoms with Crippen LogP contribution in [0.15, 0.2) is 28.9 Å². The molecule has 2 aromatic rings. The largest absolute Gasteiger partial charge is 0.487 e. The zero-order valence-corrected chi connectivity index (χ0v) is 13.0. The van der Waals surface area contributed by atoms with Gasteiger partial charge in [0.15, 0.2) is 5.75 Å². The second kappa shape index (κ2) is 6.00. The number of hydrogen-bond acceptors (Lipinski definition) is 3.